The van der Waals surface area contributed by atoms with Gasteiger partial charge in [-0.05, 0) is 56.6 Å². The maximum Gasteiger partial charge on any atom is 0.243 e. The molecular weight excluding hydrogens is 436 g/mol. The Bertz CT molecular complexity index is 935. The van der Waals surface area contributed by atoms with E-state index in [-0.39, 0.29) is 12.7 Å². The zero-order valence-electron chi connectivity index (χ0n) is 18.1. The predicted molar refractivity (Wildman–Crippen MR) is 123 cm³/mol. The van der Waals surface area contributed by atoms with Crippen molar-refractivity contribution in [2.24, 2.45) is 0 Å². The molecule has 0 amide bonds. The molecule has 2 aromatic rings. The molecule has 1 aliphatic rings. The van der Waals surface area contributed by atoms with Crippen LogP contribution in [0.5, 0.6) is 0 Å². The highest BCUT2D eigenvalue weighted by Crippen LogP contribution is 2.20. The maximum absolute atomic E-state index is 12.9. The van der Waals surface area contributed by atoms with Gasteiger partial charge in [-0.25, -0.2) is 8.42 Å². The van der Waals surface area contributed by atoms with Crippen LogP contribution < -0.4 is 0 Å². The molecule has 3 rings (SSSR count). The van der Waals surface area contributed by atoms with Crippen molar-refractivity contribution in [3.8, 4) is 0 Å². The van der Waals surface area contributed by atoms with Gasteiger partial charge in [0.2, 0.25) is 10.0 Å². The number of β-amino-alcohol motifs (C(OH)–C–C–N with tert-alkyl or cyclic N) is 1. The van der Waals surface area contributed by atoms with E-state index in [1.165, 1.54) is 0 Å². The second kappa shape index (κ2) is 10.9. The monoisotopic (exact) mass is 466 g/mol. The van der Waals surface area contributed by atoms with E-state index in [1.807, 2.05) is 50.2 Å². The van der Waals surface area contributed by atoms with Crippen molar-refractivity contribution < 1.29 is 18.3 Å². The van der Waals surface area contributed by atoms with E-state index in [4.69, 9.17) is 16.3 Å². The van der Waals surface area contributed by atoms with Crippen LogP contribution in [0.2, 0.25) is 5.02 Å². The van der Waals surface area contributed by atoms with E-state index in [1.54, 1.807) is 16.4 Å². The lowest BCUT2D eigenvalue weighted by atomic mass is 10.1. The summed E-state index contributed by atoms with van der Waals surface area (Å²) in [6.07, 6.45) is -0.0685. The minimum absolute atomic E-state index is 0.147. The van der Waals surface area contributed by atoms with Gasteiger partial charge < -0.3 is 9.84 Å². The van der Waals surface area contributed by atoms with Gasteiger partial charge in [-0.2, -0.15) is 4.31 Å². The van der Waals surface area contributed by atoms with E-state index >= 15 is 0 Å². The Kier molecular flexibility index (Phi) is 8.50. The Balaban J connectivity index is 1.49. The molecule has 1 saturated heterocycles. The fourth-order valence-corrected chi connectivity index (χ4v) is 5.26. The average Bonchev–Trinajstić information content (AvgIpc) is 2.99. The number of benzene rings is 2. The van der Waals surface area contributed by atoms with E-state index in [2.05, 4.69) is 4.90 Å². The van der Waals surface area contributed by atoms with Gasteiger partial charge in [0.1, 0.15) is 0 Å². The van der Waals surface area contributed by atoms with E-state index in [0.29, 0.717) is 36.1 Å². The molecule has 1 N–H and O–H groups in total. The number of hydrogen-bond donors (Lipinski definition) is 1. The summed E-state index contributed by atoms with van der Waals surface area (Å²) >= 11 is 5.92. The van der Waals surface area contributed by atoms with Gasteiger partial charge in [-0.1, -0.05) is 41.4 Å². The largest absolute Gasteiger partial charge is 0.389 e. The van der Waals surface area contributed by atoms with E-state index in [0.717, 1.165) is 24.1 Å². The minimum atomic E-state index is -3.50. The van der Waals surface area contributed by atoms with Crippen LogP contribution in [0, 0.1) is 6.92 Å². The summed E-state index contributed by atoms with van der Waals surface area (Å²) in [5.41, 5.74) is 2.03. The molecule has 0 bridgehead atoms. The number of nitrogens with zero attached hydrogens (tertiary/aromatic N) is 2. The number of aryl methyl sites for hydroxylation is 1. The van der Waals surface area contributed by atoms with Gasteiger partial charge in [0.25, 0.3) is 0 Å². The molecule has 1 aliphatic heterocycles. The Hall–Kier alpha value is -1.48. The molecule has 0 aromatic heterocycles. The van der Waals surface area contributed by atoms with E-state index < -0.39 is 16.1 Å². The van der Waals surface area contributed by atoms with E-state index in [9.17, 15) is 13.5 Å². The molecule has 0 radical (unpaired) electrons. The van der Waals surface area contributed by atoms with Crippen LogP contribution in [0.15, 0.2) is 53.4 Å². The number of halogens is 1. The summed E-state index contributed by atoms with van der Waals surface area (Å²) < 4.78 is 33.3. The lowest BCUT2D eigenvalue weighted by molar-refractivity contribution is -0.0151. The quantitative estimate of drug-likeness (QED) is 0.645. The summed E-state index contributed by atoms with van der Waals surface area (Å²) in [7, 11) is -3.50. The Labute approximate surface area is 190 Å². The Morgan fingerprint density at radius 1 is 1.03 bits per heavy atom. The number of aliphatic hydroxyl groups is 1. The number of aliphatic hydroxyl groups excluding tert-OH is 1. The first-order chi connectivity index (χ1) is 14.8. The maximum atomic E-state index is 12.9. The van der Waals surface area contributed by atoms with Gasteiger partial charge in [0.05, 0.1) is 23.7 Å². The normalized spacial score (nSPS) is 18.5. The van der Waals surface area contributed by atoms with Gasteiger partial charge in [0, 0.05) is 31.2 Å². The fourth-order valence-electron chi connectivity index (χ4n) is 3.67. The topological polar surface area (TPSA) is 70.1 Å². The highest BCUT2D eigenvalue weighted by Gasteiger charge is 2.27. The molecule has 0 saturated carbocycles. The molecule has 1 fully saturated rings. The number of sulfonamides is 1. The third kappa shape index (κ3) is 6.75. The summed E-state index contributed by atoms with van der Waals surface area (Å²) in [6, 6.07) is 14.4. The number of hydrogen-bond acceptors (Lipinski definition) is 5. The van der Waals surface area contributed by atoms with Crippen molar-refractivity contribution >= 4 is 21.6 Å². The highest BCUT2D eigenvalue weighted by molar-refractivity contribution is 7.89. The number of rotatable bonds is 8. The molecule has 8 heteroatoms. The first-order valence-corrected chi connectivity index (χ1v) is 12.4. The first kappa shape index (κ1) is 24.2. The molecule has 0 spiro atoms. The highest BCUT2D eigenvalue weighted by atomic mass is 35.5. The molecule has 2 unspecified atom stereocenters. The molecule has 2 atom stereocenters. The third-order valence-electron chi connectivity index (χ3n) is 5.55. The van der Waals surface area contributed by atoms with Crippen LogP contribution in [0.4, 0.5) is 0 Å². The third-order valence-corrected chi connectivity index (χ3v) is 7.72. The van der Waals surface area contributed by atoms with Gasteiger partial charge in [0.15, 0.2) is 0 Å². The second-order valence-corrected chi connectivity index (χ2v) is 10.4. The van der Waals surface area contributed by atoms with Gasteiger partial charge in [-0.3, -0.25) is 4.90 Å². The van der Waals surface area contributed by atoms with Crippen LogP contribution in [0.3, 0.4) is 0 Å². The van der Waals surface area contributed by atoms with Crippen LogP contribution in [-0.4, -0.2) is 68.2 Å². The van der Waals surface area contributed by atoms with Crippen LogP contribution in [-0.2, 0) is 14.8 Å². The molecule has 2 aromatic carbocycles. The summed E-state index contributed by atoms with van der Waals surface area (Å²) in [6.45, 7) is 6.75. The SMILES string of the molecule is Cc1ccc(S(=O)(=O)N2CCCN(CC(O)COC(C)c3ccc(Cl)cc3)CC2)cc1. The molecule has 170 valence electrons. The minimum Gasteiger partial charge on any atom is -0.389 e. The first-order valence-electron chi connectivity index (χ1n) is 10.6. The van der Waals surface area contributed by atoms with Crippen molar-refractivity contribution in [2.75, 3.05) is 39.3 Å². The van der Waals surface area contributed by atoms with Crippen molar-refractivity contribution in [3.63, 3.8) is 0 Å². The molecule has 1 heterocycles. The van der Waals surface area contributed by atoms with Crippen LogP contribution in [0.25, 0.3) is 0 Å². The molecule has 0 aliphatic carbocycles. The zero-order valence-corrected chi connectivity index (χ0v) is 19.6. The van der Waals surface area contributed by atoms with Crippen molar-refractivity contribution in [1.29, 1.82) is 0 Å². The standard InChI is InChI=1S/C23H31ClN2O4S/c1-18-4-10-23(11-5-18)31(28,29)26-13-3-12-25(14-15-26)16-22(27)17-30-19(2)20-6-8-21(24)9-7-20/h4-11,19,22,27H,3,12-17H2,1-2H3. The van der Waals surface area contributed by atoms with Crippen molar-refractivity contribution in [2.45, 2.75) is 37.4 Å². The number of ether oxygens (including phenoxy) is 1. The molecule has 6 nitrogen and oxygen atoms in total. The summed E-state index contributed by atoms with van der Waals surface area (Å²) in [5.74, 6) is 0. The van der Waals surface area contributed by atoms with Gasteiger partial charge in [-0.15, -0.1) is 0 Å². The lowest BCUT2D eigenvalue weighted by Gasteiger charge is -2.24. The van der Waals surface area contributed by atoms with Crippen molar-refractivity contribution in [3.05, 3.63) is 64.7 Å². The zero-order chi connectivity index (χ0) is 22.4. The van der Waals surface area contributed by atoms with Crippen LogP contribution >= 0.6 is 11.6 Å². The Morgan fingerprint density at radius 3 is 2.39 bits per heavy atom. The smallest absolute Gasteiger partial charge is 0.243 e. The second-order valence-electron chi connectivity index (χ2n) is 8.05. The summed E-state index contributed by atoms with van der Waals surface area (Å²) in [4.78, 5) is 2.43. The fraction of sp³-hybridized carbons (Fsp3) is 0.478. The van der Waals surface area contributed by atoms with Crippen LogP contribution in [0.1, 0.15) is 30.6 Å². The Morgan fingerprint density at radius 2 is 1.71 bits per heavy atom. The molecular formula is C23H31ClN2O4S. The molecule has 31 heavy (non-hydrogen) atoms. The lowest BCUT2D eigenvalue weighted by Crippen LogP contribution is -2.39. The predicted octanol–water partition coefficient (Wildman–Crippen LogP) is 3.48. The van der Waals surface area contributed by atoms with Crippen molar-refractivity contribution in [1.82, 2.24) is 9.21 Å². The van der Waals surface area contributed by atoms with Gasteiger partial charge >= 0.3 is 0 Å². The average molecular weight is 467 g/mol. The summed E-state index contributed by atoms with van der Waals surface area (Å²) in [5, 5.41) is 11.1.